The van der Waals surface area contributed by atoms with Crippen molar-refractivity contribution in [1.29, 1.82) is 0 Å². The van der Waals surface area contributed by atoms with Crippen LogP contribution in [0.25, 0.3) is 0 Å². The third-order valence-electron chi connectivity index (χ3n) is 0.428. The van der Waals surface area contributed by atoms with Crippen LogP contribution in [0.2, 0.25) is 0 Å². The standard InChI is InChI=1S/CH5NO5P2/c2-1-9(5,6)7-8(3)4/h1-2H2,(H-,3,4,5,6)/p+1. The molecule has 0 saturated heterocycles. The summed E-state index contributed by atoms with van der Waals surface area (Å²) < 4.78 is 23.6. The second-order valence-corrected chi connectivity index (χ2v) is 3.91. The molecule has 2 atom stereocenters. The Morgan fingerprint density at radius 3 is 2.33 bits per heavy atom. The molecule has 9 heavy (non-hydrogen) atoms. The van der Waals surface area contributed by atoms with Crippen molar-refractivity contribution in [2.24, 2.45) is 5.73 Å². The zero-order chi connectivity index (χ0) is 7.49. The van der Waals surface area contributed by atoms with Gasteiger partial charge in [-0.25, -0.2) is 0 Å². The highest BCUT2D eigenvalue weighted by molar-refractivity contribution is 7.59. The van der Waals surface area contributed by atoms with Gasteiger partial charge in [-0.3, -0.25) is 4.57 Å². The van der Waals surface area contributed by atoms with Crippen LogP contribution in [0.3, 0.4) is 0 Å². The molecule has 0 rings (SSSR count). The molecule has 0 aromatic carbocycles. The van der Waals surface area contributed by atoms with Crippen LogP contribution in [0.1, 0.15) is 0 Å². The smallest absolute Gasteiger partial charge is 0.321 e. The zero-order valence-electron chi connectivity index (χ0n) is 4.30. The maximum absolute atomic E-state index is 10.3. The minimum absolute atomic E-state index is 0.658. The number of hydrogen-bond acceptors (Lipinski definition) is 4. The molecule has 0 aliphatic heterocycles. The van der Waals surface area contributed by atoms with Gasteiger partial charge in [-0.05, 0) is 4.31 Å². The quantitative estimate of drug-likeness (QED) is 0.509. The summed E-state index contributed by atoms with van der Waals surface area (Å²) in [5.74, 6) is 0. The van der Waals surface area contributed by atoms with Crippen molar-refractivity contribution in [2.45, 2.75) is 0 Å². The Kier molecular flexibility index (Phi) is 3.43. The van der Waals surface area contributed by atoms with Crippen LogP contribution < -0.4 is 5.73 Å². The molecule has 0 aromatic heterocycles. The summed E-state index contributed by atoms with van der Waals surface area (Å²) in [7, 11) is -7.02. The lowest BCUT2D eigenvalue weighted by atomic mass is 11.6. The van der Waals surface area contributed by atoms with E-state index in [4.69, 9.17) is 9.79 Å². The van der Waals surface area contributed by atoms with Crippen molar-refractivity contribution in [3.8, 4) is 0 Å². The van der Waals surface area contributed by atoms with E-state index in [1.54, 1.807) is 0 Å². The minimum Gasteiger partial charge on any atom is -0.321 e. The summed E-state index contributed by atoms with van der Waals surface area (Å²) in [5.41, 5.74) is 4.68. The van der Waals surface area contributed by atoms with Crippen molar-refractivity contribution in [1.82, 2.24) is 0 Å². The molecule has 0 spiro atoms. The molecule has 54 valence electrons. The van der Waals surface area contributed by atoms with Crippen LogP contribution in [0.5, 0.6) is 0 Å². The van der Waals surface area contributed by atoms with E-state index in [1.807, 2.05) is 0 Å². The molecular formula is CH6NO5P2+. The number of nitrogens with two attached hydrogens (primary N) is 1. The summed E-state index contributed by atoms with van der Waals surface area (Å²) in [4.78, 5) is 16.3. The van der Waals surface area contributed by atoms with Gasteiger partial charge >= 0.3 is 15.9 Å². The van der Waals surface area contributed by atoms with Gasteiger partial charge < -0.3 is 10.6 Å². The first-order valence-electron chi connectivity index (χ1n) is 1.85. The first-order chi connectivity index (χ1) is 3.98. The summed E-state index contributed by atoms with van der Waals surface area (Å²) in [6.45, 7) is 0. The van der Waals surface area contributed by atoms with E-state index in [9.17, 15) is 9.13 Å². The van der Waals surface area contributed by atoms with Crippen LogP contribution in [0, 0.1) is 0 Å². The molecule has 0 bridgehead atoms. The third-order valence-corrected chi connectivity index (χ3v) is 2.47. The van der Waals surface area contributed by atoms with Gasteiger partial charge in [-0.15, -0.1) is 4.89 Å². The Morgan fingerprint density at radius 1 is 1.78 bits per heavy atom. The maximum Gasteiger partial charge on any atom is 0.703 e. The summed E-state index contributed by atoms with van der Waals surface area (Å²) in [6.07, 6.45) is -0.658. The van der Waals surface area contributed by atoms with E-state index in [-0.39, 0.29) is 0 Å². The maximum atomic E-state index is 10.3. The van der Waals surface area contributed by atoms with Crippen molar-refractivity contribution < 1.29 is 23.2 Å². The predicted molar refractivity (Wildman–Crippen MR) is 29.8 cm³/mol. The SMILES string of the molecule is NCP(=O)(O)O[P+](=O)O. The van der Waals surface area contributed by atoms with Crippen LogP contribution in [-0.4, -0.2) is 16.1 Å². The molecule has 0 aliphatic rings. The van der Waals surface area contributed by atoms with Crippen molar-refractivity contribution in [3.63, 3.8) is 0 Å². The van der Waals surface area contributed by atoms with Gasteiger partial charge in [0.2, 0.25) is 0 Å². The van der Waals surface area contributed by atoms with E-state index >= 15 is 0 Å². The van der Waals surface area contributed by atoms with Crippen LogP contribution in [0.4, 0.5) is 0 Å². The van der Waals surface area contributed by atoms with Crippen molar-refractivity contribution >= 4 is 15.9 Å². The third kappa shape index (κ3) is 4.66. The second kappa shape index (κ2) is 3.37. The van der Waals surface area contributed by atoms with E-state index in [1.165, 1.54) is 0 Å². The van der Waals surface area contributed by atoms with Crippen molar-refractivity contribution in [2.75, 3.05) is 6.29 Å². The second-order valence-electron chi connectivity index (χ2n) is 1.14. The highest BCUT2D eigenvalue weighted by atomic mass is 31.2. The minimum atomic E-state index is -3.99. The van der Waals surface area contributed by atoms with Crippen LogP contribution >= 0.6 is 15.9 Å². The monoisotopic (exact) mass is 174 g/mol. The molecule has 0 aromatic rings. The average Bonchev–Trinajstić information content (AvgIpc) is 1.63. The average molecular weight is 174 g/mol. The summed E-state index contributed by atoms with van der Waals surface area (Å²) >= 11 is 0. The van der Waals surface area contributed by atoms with Gasteiger partial charge in [0, 0.05) is 4.57 Å². The van der Waals surface area contributed by atoms with Crippen molar-refractivity contribution in [3.05, 3.63) is 0 Å². The van der Waals surface area contributed by atoms with Gasteiger partial charge in [-0.1, -0.05) is 0 Å². The molecule has 0 aliphatic carbocycles. The highest BCUT2D eigenvalue weighted by Gasteiger charge is 2.30. The van der Waals surface area contributed by atoms with Crippen LogP contribution in [0.15, 0.2) is 0 Å². The lowest BCUT2D eigenvalue weighted by Crippen LogP contribution is -1.99. The fraction of sp³-hybridized carbons (Fsp3) is 1.00. The zero-order valence-corrected chi connectivity index (χ0v) is 6.09. The number of rotatable bonds is 3. The Balaban J connectivity index is 3.88. The number of hydrogen-bond donors (Lipinski definition) is 3. The molecule has 0 saturated carbocycles. The molecule has 0 radical (unpaired) electrons. The van der Waals surface area contributed by atoms with Crippen LogP contribution in [-0.2, 0) is 13.4 Å². The Bertz CT molecular complexity index is 155. The molecule has 0 heterocycles. The summed E-state index contributed by atoms with van der Waals surface area (Å²) in [6, 6.07) is 0. The Labute approximate surface area is 52.1 Å². The normalized spacial score (nSPS) is 18.8. The van der Waals surface area contributed by atoms with Gasteiger partial charge in [0.1, 0.15) is 0 Å². The lowest BCUT2D eigenvalue weighted by molar-refractivity contribution is 0.350. The molecule has 4 N–H and O–H groups in total. The van der Waals surface area contributed by atoms with Gasteiger partial charge in [0.15, 0.2) is 0 Å². The fourth-order valence-corrected chi connectivity index (χ4v) is 1.28. The lowest BCUT2D eigenvalue weighted by Gasteiger charge is -1.94. The Hall–Kier alpha value is 0.170. The summed E-state index contributed by atoms with van der Waals surface area (Å²) in [5, 5.41) is 0. The Morgan fingerprint density at radius 2 is 2.22 bits per heavy atom. The molecule has 6 nitrogen and oxygen atoms in total. The van der Waals surface area contributed by atoms with E-state index in [0.717, 1.165) is 0 Å². The molecular weight excluding hydrogens is 168 g/mol. The van der Waals surface area contributed by atoms with Gasteiger partial charge in [-0.2, -0.15) is 0 Å². The molecule has 8 heteroatoms. The fourth-order valence-electron chi connectivity index (χ4n) is 0.142. The van der Waals surface area contributed by atoms with E-state index in [0.29, 0.717) is 0 Å². The largest absolute Gasteiger partial charge is 0.703 e. The molecule has 0 amide bonds. The first-order valence-corrected chi connectivity index (χ1v) is 4.75. The highest BCUT2D eigenvalue weighted by Crippen LogP contribution is 2.47. The van der Waals surface area contributed by atoms with E-state index < -0.39 is 22.1 Å². The van der Waals surface area contributed by atoms with Gasteiger partial charge in [0.25, 0.3) is 0 Å². The molecule has 2 unspecified atom stereocenters. The topological polar surface area (TPSA) is 110 Å². The van der Waals surface area contributed by atoms with Gasteiger partial charge in [0.05, 0.1) is 6.29 Å². The molecule has 0 fully saturated rings. The van der Waals surface area contributed by atoms with E-state index in [2.05, 4.69) is 10.0 Å². The predicted octanol–water partition coefficient (Wildman–Crippen LogP) is -0.246. The first kappa shape index (κ1) is 9.17.